The number of halogens is 2. The zero-order valence-electron chi connectivity index (χ0n) is 9.87. The Bertz CT molecular complexity index is 634. The van der Waals surface area contributed by atoms with Crippen LogP contribution < -0.4 is 5.73 Å². The third-order valence-corrected chi connectivity index (χ3v) is 4.52. The van der Waals surface area contributed by atoms with E-state index in [0.717, 1.165) is 31.6 Å². The Hall–Kier alpha value is -0.720. The fourth-order valence-electron chi connectivity index (χ4n) is 1.75. The number of thiocarbonyl (C=S) groups is 1. The predicted octanol–water partition coefficient (Wildman–Crippen LogP) is 3.65. The van der Waals surface area contributed by atoms with Crippen LogP contribution in [-0.4, -0.2) is 14.8 Å². The lowest BCUT2D eigenvalue weighted by Gasteiger charge is -2.10. The Labute approximate surface area is 128 Å². The summed E-state index contributed by atoms with van der Waals surface area (Å²) in [5.41, 5.74) is 9.42. The average molecular weight is 389 g/mol. The summed E-state index contributed by atoms with van der Waals surface area (Å²) in [6.45, 7) is 3.95. The van der Waals surface area contributed by atoms with Gasteiger partial charge in [-0.05, 0) is 48.0 Å². The first-order valence-corrected chi connectivity index (χ1v) is 7.22. The molecule has 0 aliphatic carbocycles. The Morgan fingerprint density at radius 1 is 1.33 bits per heavy atom. The molecule has 0 fully saturated rings. The van der Waals surface area contributed by atoms with Gasteiger partial charge in [-0.3, -0.25) is 0 Å². The molecule has 3 nitrogen and oxygen atoms in total. The minimum atomic E-state index is 0.356. The number of rotatable bonds is 2. The zero-order valence-corrected chi connectivity index (χ0v) is 13.9. The number of nitrogens with zero attached hydrogens (tertiary/aromatic N) is 2. The summed E-state index contributed by atoms with van der Waals surface area (Å²) in [7, 11) is 0. The molecule has 1 heterocycles. The molecule has 0 aliphatic heterocycles. The summed E-state index contributed by atoms with van der Waals surface area (Å²) < 4.78 is 3.79. The van der Waals surface area contributed by atoms with Crippen molar-refractivity contribution < 1.29 is 0 Å². The standard InChI is InChI=1S/C12H11Br2N3S/c1-6-11(14)7(2)17(16-6)10-4-3-8(13)5-9(10)12(15)18/h3-5H,1-2H3,(H2,15,18). The van der Waals surface area contributed by atoms with E-state index in [4.69, 9.17) is 18.0 Å². The van der Waals surface area contributed by atoms with Gasteiger partial charge in [0.15, 0.2) is 0 Å². The van der Waals surface area contributed by atoms with Crippen LogP contribution in [0.5, 0.6) is 0 Å². The third-order valence-electron chi connectivity index (χ3n) is 2.66. The molecule has 0 bridgehead atoms. The van der Waals surface area contributed by atoms with E-state index in [1.54, 1.807) is 0 Å². The molecule has 2 N–H and O–H groups in total. The highest BCUT2D eigenvalue weighted by molar-refractivity contribution is 9.10. The van der Waals surface area contributed by atoms with Gasteiger partial charge in [-0.15, -0.1) is 0 Å². The summed E-state index contributed by atoms with van der Waals surface area (Å²) in [6, 6.07) is 5.80. The molecule has 18 heavy (non-hydrogen) atoms. The lowest BCUT2D eigenvalue weighted by atomic mass is 10.2. The molecule has 0 aliphatic rings. The molecule has 1 aromatic heterocycles. The second kappa shape index (κ2) is 5.11. The average Bonchev–Trinajstić information content (AvgIpc) is 2.57. The van der Waals surface area contributed by atoms with Crippen LogP contribution in [0, 0.1) is 13.8 Å². The van der Waals surface area contributed by atoms with Crippen molar-refractivity contribution in [2.45, 2.75) is 13.8 Å². The molecule has 0 saturated heterocycles. The number of hydrogen-bond acceptors (Lipinski definition) is 2. The van der Waals surface area contributed by atoms with Crippen LogP contribution in [0.25, 0.3) is 5.69 Å². The molecular weight excluding hydrogens is 378 g/mol. The molecule has 94 valence electrons. The van der Waals surface area contributed by atoms with E-state index in [1.807, 2.05) is 36.7 Å². The summed E-state index contributed by atoms with van der Waals surface area (Å²) >= 11 is 12.0. The molecule has 0 saturated carbocycles. The number of aryl methyl sites for hydroxylation is 1. The van der Waals surface area contributed by atoms with Crippen LogP contribution in [0.1, 0.15) is 17.0 Å². The lowest BCUT2D eigenvalue weighted by molar-refractivity contribution is 0.831. The van der Waals surface area contributed by atoms with Crippen molar-refractivity contribution in [2.75, 3.05) is 0 Å². The van der Waals surface area contributed by atoms with E-state index in [-0.39, 0.29) is 0 Å². The van der Waals surface area contributed by atoms with Crippen LogP contribution >= 0.6 is 44.1 Å². The van der Waals surface area contributed by atoms with Crippen molar-refractivity contribution in [3.8, 4) is 5.69 Å². The fraction of sp³-hybridized carbons (Fsp3) is 0.167. The predicted molar refractivity (Wildman–Crippen MR) is 84.3 cm³/mol. The van der Waals surface area contributed by atoms with Crippen molar-refractivity contribution in [3.63, 3.8) is 0 Å². The highest BCUT2D eigenvalue weighted by Crippen LogP contribution is 2.26. The molecule has 0 atom stereocenters. The van der Waals surface area contributed by atoms with Gasteiger partial charge in [0.05, 0.1) is 21.5 Å². The highest BCUT2D eigenvalue weighted by Gasteiger charge is 2.14. The summed E-state index contributed by atoms with van der Waals surface area (Å²) in [4.78, 5) is 0.356. The Morgan fingerprint density at radius 3 is 2.50 bits per heavy atom. The maximum absolute atomic E-state index is 5.77. The van der Waals surface area contributed by atoms with E-state index in [2.05, 4.69) is 37.0 Å². The Morgan fingerprint density at radius 2 is 2.00 bits per heavy atom. The van der Waals surface area contributed by atoms with Crippen molar-refractivity contribution in [3.05, 3.63) is 44.1 Å². The van der Waals surface area contributed by atoms with E-state index in [9.17, 15) is 0 Å². The molecule has 2 aromatic rings. The molecule has 0 spiro atoms. The van der Waals surface area contributed by atoms with Crippen LogP contribution in [0.3, 0.4) is 0 Å². The van der Waals surface area contributed by atoms with Crippen molar-refractivity contribution >= 4 is 49.1 Å². The normalized spacial score (nSPS) is 10.7. The second-order valence-electron chi connectivity index (χ2n) is 3.92. The highest BCUT2D eigenvalue weighted by atomic mass is 79.9. The van der Waals surface area contributed by atoms with Gasteiger partial charge < -0.3 is 5.73 Å². The largest absolute Gasteiger partial charge is 0.389 e. The summed E-state index contributed by atoms with van der Waals surface area (Å²) in [6.07, 6.45) is 0. The summed E-state index contributed by atoms with van der Waals surface area (Å²) in [5.74, 6) is 0. The first-order valence-electron chi connectivity index (χ1n) is 5.23. The first kappa shape index (κ1) is 13.7. The van der Waals surface area contributed by atoms with Crippen molar-refractivity contribution in [1.29, 1.82) is 0 Å². The minimum absolute atomic E-state index is 0.356. The monoisotopic (exact) mass is 387 g/mol. The maximum atomic E-state index is 5.77. The summed E-state index contributed by atoms with van der Waals surface area (Å²) in [5, 5.41) is 4.49. The maximum Gasteiger partial charge on any atom is 0.106 e. The molecule has 2 rings (SSSR count). The van der Waals surface area contributed by atoms with Gasteiger partial charge in [0, 0.05) is 10.0 Å². The Balaban J connectivity index is 2.71. The molecule has 0 radical (unpaired) electrons. The number of aromatic nitrogens is 2. The van der Waals surface area contributed by atoms with Gasteiger partial charge in [-0.25, -0.2) is 4.68 Å². The van der Waals surface area contributed by atoms with E-state index < -0.39 is 0 Å². The molecule has 0 unspecified atom stereocenters. The zero-order chi connectivity index (χ0) is 13.4. The van der Waals surface area contributed by atoms with Crippen molar-refractivity contribution in [2.24, 2.45) is 5.73 Å². The third kappa shape index (κ3) is 2.37. The molecule has 6 heteroatoms. The van der Waals surface area contributed by atoms with Crippen LogP contribution in [0.4, 0.5) is 0 Å². The smallest absolute Gasteiger partial charge is 0.106 e. The number of hydrogen-bond donors (Lipinski definition) is 1. The van der Waals surface area contributed by atoms with Gasteiger partial charge in [-0.1, -0.05) is 28.1 Å². The van der Waals surface area contributed by atoms with Gasteiger partial charge in [-0.2, -0.15) is 5.10 Å². The lowest BCUT2D eigenvalue weighted by Crippen LogP contribution is -2.14. The van der Waals surface area contributed by atoms with E-state index in [1.165, 1.54) is 0 Å². The number of benzene rings is 1. The Kier molecular flexibility index (Phi) is 3.89. The quantitative estimate of drug-likeness (QED) is 0.798. The van der Waals surface area contributed by atoms with Gasteiger partial charge in [0.2, 0.25) is 0 Å². The van der Waals surface area contributed by atoms with Gasteiger partial charge in [0.1, 0.15) is 4.99 Å². The van der Waals surface area contributed by atoms with Gasteiger partial charge >= 0.3 is 0 Å². The molecule has 1 aromatic carbocycles. The van der Waals surface area contributed by atoms with E-state index in [0.29, 0.717) is 4.99 Å². The topological polar surface area (TPSA) is 43.8 Å². The molecule has 0 amide bonds. The minimum Gasteiger partial charge on any atom is -0.389 e. The SMILES string of the molecule is Cc1nn(-c2ccc(Br)cc2C(N)=S)c(C)c1Br. The molecular formula is C12H11Br2N3S. The number of nitrogens with two attached hydrogens (primary N) is 1. The van der Waals surface area contributed by atoms with Gasteiger partial charge in [0.25, 0.3) is 0 Å². The van der Waals surface area contributed by atoms with Crippen molar-refractivity contribution in [1.82, 2.24) is 9.78 Å². The van der Waals surface area contributed by atoms with Crippen LogP contribution in [0.15, 0.2) is 27.1 Å². The van der Waals surface area contributed by atoms with E-state index >= 15 is 0 Å². The van der Waals surface area contributed by atoms with Crippen LogP contribution in [0.2, 0.25) is 0 Å². The van der Waals surface area contributed by atoms with Crippen LogP contribution in [-0.2, 0) is 0 Å². The first-order chi connectivity index (χ1) is 8.41. The second-order valence-corrected chi connectivity index (χ2v) is 6.07. The fourth-order valence-corrected chi connectivity index (χ4v) is 2.52.